The number of aliphatic carboxylic acids is 1. The van der Waals surface area contributed by atoms with E-state index >= 15 is 0 Å². The van der Waals surface area contributed by atoms with Gasteiger partial charge in [0.25, 0.3) is 0 Å². The molecule has 1 aliphatic carbocycles. The van der Waals surface area contributed by atoms with Crippen molar-refractivity contribution in [3.05, 3.63) is 47.1 Å². The van der Waals surface area contributed by atoms with E-state index in [1.165, 1.54) is 24.0 Å². The molecule has 1 saturated heterocycles. The lowest BCUT2D eigenvalue weighted by molar-refractivity contribution is -0.286. The summed E-state index contributed by atoms with van der Waals surface area (Å²) in [7, 11) is 0. The van der Waals surface area contributed by atoms with Crippen molar-refractivity contribution in [2.45, 2.75) is 91.0 Å². The van der Waals surface area contributed by atoms with Gasteiger partial charge in [-0.15, -0.1) is 0 Å². The Morgan fingerprint density at radius 1 is 1.21 bits per heavy atom. The third kappa shape index (κ3) is 7.37. The number of aliphatic hydroxyl groups is 3. The van der Waals surface area contributed by atoms with Gasteiger partial charge in [0.2, 0.25) is 6.29 Å². The van der Waals surface area contributed by atoms with Gasteiger partial charge < -0.3 is 29.9 Å². The van der Waals surface area contributed by atoms with Crippen LogP contribution in [0, 0.1) is 11.3 Å². The van der Waals surface area contributed by atoms with Gasteiger partial charge in [0.05, 0.1) is 6.42 Å². The number of allylic oxidation sites excluding steroid dienone is 8. The van der Waals surface area contributed by atoms with Crippen molar-refractivity contribution in [2.75, 3.05) is 0 Å². The SMILES string of the molecule is CC1=C(/C=C/C(C)=C/C=C/C(C)CC(=O)OC2OC(C(=O)O)C(O)C(O)C2O)C(C)(C)CCC1. The number of carbonyl (C=O) groups excluding carboxylic acids is 1. The lowest BCUT2D eigenvalue weighted by atomic mass is 9.72. The first-order valence-electron chi connectivity index (χ1n) is 11.7. The number of rotatable bonds is 8. The molecule has 190 valence electrons. The Kier molecular flexibility index (Phi) is 9.82. The van der Waals surface area contributed by atoms with Gasteiger partial charge in [0, 0.05) is 0 Å². The van der Waals surface area contributed by atoms with Crippen LogP contribution in [0.5, 0.6) is 0 Å². The van der Waals surface area contributed by atoms with E-state index in [0.29, 0.717) is 0 Å². The first-order valence-corrected chi connectivity index (χ1v) is 11.7. The first kappa shape index (κ1) is 28.0. The van der Waals surface area contributed by atoms with E-state index in [1.54, 1.807) is 0 Å². The van der Waals surface area contributed by atoms with Crippen LogP contribution in [0.1, 0.15) is 60.3 Å². The second kappa shape index (κ2) is 11.9. The summed E-state index contributed by atoms with van der Waals surface area (Å²) in [5.74, 6) is -2.46. The van der Waals surface area contributed by atoms with Gasteiger partial charge >= 0.3 is 11.9 Å². The number of aliphatic hydroxyl groups excluding tert-OH is 3. The summed E-state index contributed by atoms with van der Waals surface area (Å²) >= 11 is 0. The number of hydrogen-bond donors (Lipinski definition) is 4. The third-order valence-corrected chi connectivity index (χ3v) is 6.40. The fourth-order valence-electron chi connectivity index (χ4n) is 4.34. The molecule has 8 heteroatoms. The predicted octanol–water partition coefficient (Wildman–Crippen LogP) is 3.03. The molecule has 0 saturated carbocycles. The fraction of sp³-hybridized carbons (Fsp3) is 0.615. The smallest absolute Gasteiger partial charge is 0.335 e. The molecule has 2 aliphatic rings. The second-order valence-electron chi connectivity index (χ2n) is 9.97. The van der Waals surface area contributed by atoms with Crippen LogP contribution in [0.3, 0.4) is 0 Å². The van der Waals surface area contributed by atoms with Crippen molar-refractivity contribution in [3.63, 3.8) is 0 Å². The Hall–Kier alpha value is -2.26. The number of carboxylic acid groups (broad SMARTS) is 1. The van der Waals surface area contributed by atoms with Gasteiger partial charge in [-0.1, -0.05) is 62.3 Å². The molecule has 8 nitrogen and oxygen atoms in total. The molecule has 6 atom stereocenters. The highest BCUT2D eigenvalue weighted by Gasteiger charge is 2.48. The van der Waals surface area contributed by atoms with E-state index < -0.39 is 42.6 Å². The van der Waals surface area contributed by atoms with E-state index in [1.807, 2.05) is 32.1 Å². The van der Waals surface area contributed by atoms with Crippen molar-refractivity contribution >= 4 is 11.9 Å². The van der Waals surface area contributed by atoms with E-state index in [9.17, 15) is 24.9 Å². The molecule has 0 spiro atoms. The Labute approximate surface area is 201 Å². The van der Waals surface area contributed by atoms with Crippen LogP contribution >= 0.6 is 0 Å². The highest BCUT2D eigenvalue weighted by molar-refractivity contribution is 5.73. The zero-order valence-corrected chi connectivity index (χ0v) is 20.6. The Balaban J connectivity index is 1.90. The summed E-state index contributed by atoms with van der Waals surface area (Å²) in [5.41, 5.74) is 4.07. The van der Waals surface area contributed by atoms with Crippen LogP contribution in [0.25, 0.3) is 0 Å². The van der Waals surface area contributed by atoms with Crippen molar-refractivity contribution in [2.24, 2.45) is 11.3 Å². The number of ether oxygens (including phenoxy) is 2. The molecule has 4 N–H and O–H groups in total. The average Bonchev–Trinajstić information content (AvgIpc) is 2.73. The molecule has 1 aliphatic heterocycles. The highest BCUT2D eigenvalue weighted by atomic mass is 16.7. The molecular formula is C26H38O8. The van der Waals surface area contributed by atoms with Gasteiger partial charge in [-0.3, -0.25) is 4.79 Å². The summed E-state index contributed by atoms with van der Waals surface area (Å²) in [6, 6.07) is 0. The molecule has 2 rings (SSSR count). The Bertz CT molecular complexity index is 866. The van der Waals surface area contributed by atoms with Gasteiger partial charge in [-0.25, -0.2) is 4.79 Å². The summed E-state index contributed by atoms with van der Waals surface area (Å²) in [5, 5.41) is 38.5. The molecule has 6 unspecified atom stereocenters. The summed E-state index contributed by atoms with van der Waals surface area (Å²) < 4.78 is 9.99. The van der Waals surface area contributed by atoms with Gasteiger partial charge in [0.1, 0.15) is 18.3 Å². The molecule has 0 aromatic heterocycles. The van der Waals surface area contributed by atoms with Crippen LogP contribution in [0.15, 0.2) is 47.1 Å². The predicted molar refractivity (Wildman–Crippen MR) is 127 cm³/mol. The minimum atomic E-state index is -1.84. The molecule has 0 aromatic rings. The molecule has 34 heavy (non-hydrogen) atoms. The average molecular weight is 479 g/mol. The van der Waals surface area contributed by atoms with Gasteiger partial charge in [-0.05, 0) is 50.0 Å². The fourth-order valence-corrected chi connectivity index (χ4v) is 4.34. The second-order valence-corrected chi connectivity index (χ2v) is 9.97. The minimum absolute atomic E-state index is 0.0392. The first-order chi connectivity index (χ1) is 15.8. The van der Waals surface area contributed by atoms with E-state index in [0.717, 1.165) is 12.0 Å². The molecule has 0 amide bonds. The van der Waals surface area contributed by atoms with Crippen molar-refractivity contribution in [1.82, 2.24) is 0 Å². The maximum absolute atomic E-state index is 12.2. The minimum Gasteiger partial charge on any atom is -0.479 e. The van der Waals surface area contributed by atoms with Crippen LogP contribution in [0.2, 0.25) is 0 Å². The van der Waals surface area contributed by atoms with Crippen LogP contribution in [-0.4, -0.2) is 63.1 Å². The van der Waals surface area contributed by atoms with Gasteiger partial charge in [-0.2, -0.15) is 0 Å². The summed E-state index contributed by atoms with van der Waals surface area (Å²) in [4.78, 5) is 23.4. The summed E-state index contributed by atoms with van der Waals surface area (Å²) in [6.45, 7) is 10.6. The third-order valence-electron chi connectivity index (χ3n) is 6.40. The van der Waals surface area contributed by atoms with E-state index in [2.05, 4.69) is 32.9 Å². The van der Waals surface area contributed by atoms with E-state index in [-0.39, 0.29) is 17.8 Å². The maximum atomic E-state index is 12.2. The largest absolute Gasteiger partial charge is 0.479 e. The quantitative estimate of drug-likeness (QED) is 0.309. The van der Waals surface area contributed by atoms with Crippen molar-refractivity contribution in [3.8, 4) is 0 Å². The normalized spacial score (nSPS) is 31.2. The lowest BCUT2D eigenvalue weighted by Crippen LogP contribution is -2.60. The topological polar surface area (TPSA) is 134 Å². The number of carboxylic acids is 1. The molecule has 0 aromatic carbocycles. The van der Waals surface area contributed by atoms with Crippen LogP contribution in [-0.2, 0) is 19.1 Å². The molecule has 0 radical (unpaired) electrons. The van der Waals surface area contributed by atoms with Crippen LogP contribution in [0.4, 0.5) is 0 Å². The zero-order valence-electron chi connectivity index (χ0n) is 20.6. The summed E-state index contributed by atoms with van der Waals surface area (Å²) in [6.07, 6.45) is 4.54. The standard InChI is InChI=1S/C26H38O8/c1-15(11-12-18-17(3)10-7-13-26(18,4)5)8-6-9-16(2)14-19(27)33-25-22(30)20(28)21(29)23(34-25)24(31)32/h6,8-9,11-12,16,20-23,25,28-30H,7,10,13-14H2,1-5H3,(H,31,32)/b9-6+,12-11+,15-8+. The van der Waals surface area contributed by atoms with Gasteiger partial charge in [0.15, 0.2) is 6.10 Å². The van der Waals surface area contributed by atoms with Crippen molar-refractivity contribution in [1.29, 1.82) is 0 Å². The Morgan fingerprint density at radius 3 is 2.50 bits per heavy atom. The monoisotopic (exact) mass is 478 g/mol. The highest BCUT2D eigenvalue weighted by Crippen LogP contribution is 2.40. The Morgan fingerprint density at radius 2 is 1.88 bits per heavy atom. The molecule has 1 fully saturated rings. The lowest BCUT2D eigenvalue weighted by Gasteiger charge is -2.38. The molecule has 0 bridgehead atoms. The number of carbonyl (C=O) groups is 2. The number of hydrogen-bond acceptors (Lipinski definition) is 7. The zero-order chi connectivity index (χ0) is 25.6. The van der Waals surface area contributed by atoms with Crippen LogP contribution < -0.4 is 0 Å². The number of esters is 1. The van der Waals surface area contributed by atoms with Crippen molar-refractivity contribution < 1.29 is 39.5 Å². The molecular weight excluding hydrogens is 440 g/mol. The maximum Gasteiger partial charge on any atom is 0.335 e. The van der Waals surface area contributed by atoms with E-state index in [4.69, 9.17) is 14.6 Å². The molecule has 1 heterocycles.